The fraction of sp³-hybridized carbons (Fsp3) is 0.733. The maximum absolute atomic E-state index is 10.3. The van der Waals surface area contributed by atoms with E-state index in [2.05, 4.69) is 13.0 Å². The number of hydrogen-bond donors (Lipinski definition) is 1. The largest absolute Gasteiger partial charge is 0.384 e. The normalized spacial score (nSPS) is 29.1. The van der Waals surface area contributed by atoms with Crippen molar-refractivity contribution in [1.82, 2.24) is 0 Å². The van der Waals surface area contributed by atoms with E-state index in [9.17, 15) is 5.11 Å². The summed E-state index contributed by atoms with van der Waals surface area (Å²) in [4.78, 5) is 0. The minimum absolute atomic E-state index is 0.223. The first-order valence-corrected chi connectivity index (χ1v) is 6.90. The number of unbranched alkanes of at least 4 members (excludes halogenated alkanes) is 1. The van der Waals surface area contributed by atoms with Gasteiger partial charge in [0.15, 0.2) is 0 Å². The van der Waals surface area contributed by atoms with Crippen LogP contribution >= 0.6 is 0 Å². The molecule has 16 heavy (non-hydrogen) atoms. The van der Waals surface area contributed by atoms with Crippen LogP contribution in [0.25, 0.3) is 0 Å². The molecule has 0 radical (unpaired) electrons. The Morgan fingerprint density at radius 2 is 1.88 bits per heavy atom. The Balaban J connectivity index is 2.08. The van der Waals surface area contributed by atoms with Crippen LogP contribution in [0.1, 0.15) is 64.7 Å². The molecule has 2 saturated carbocycles. The molecule has 0 spiro atoms. The molecule has 1 heteroatoms. The van der Waals surface area contributed by atoms with Crippen molar-refractivity contribution in [3.05, 3.63) is 22.8 Å². The van der Waals surface area contributed by atoms with E-state index in [0.29, 0.717) is 0 Å². The molecule has 1 unspecified atom stereocenters. The lowest BCUT2D eigenvalue weighted by Gasteiger charge is -2.18. The Morgan fingerprint density at radius 3 is 2.56 bits per heavy atom. The Morgan fingerprint density at radius 1 is 1.12 bits per heavy atom. The highest BCUT2D eigenvalue weighted by molar-refractivity contribution is 5.34. The zero-order chi connectivity index (χ0) is 11.4. The first kappa shape index (κ1) is 11.9. The summed E-state index contributed by atoms with van der Waals surface area (Å²) in [7, 11) is 0. The SMILES string of the molecule is CCC/C=C1/CCC(=C2CCCCC2)C1O. The second-order valence-corrected chi connectivity index (χ2v) is 5.16. The molecule has 1 atom stereocenters. The van der Waals surface area contributed by atoms with E-state index in [1.807, 2.05) is 0 Å². The van der Waals surface area contributed by atoms with E-state index < -0.39 is 0 Å². The summed E-state index contributed by atoms with van der Waals surface area (Å²) >= 11 is 0. The standard InChI is InChI=1S/C15H24O/c1-2-3-7-13-10-11-14(15(13)16)12-8-5-4-6-9-12/h7,15-16H,2-6,8-11H2,1H3/b13-7-. The molecule has 0 aliphatic heterocycles. The van der Waals surface area contributed by atoms with Crippen molar-refractivity contribution in [1.29, 1.82) is 0 Å². The van der Waals surface area contributed by atoms with Crippen LogP contribution in [0.15, 0.2) is 22.8 Å². The van der Waals surface area contributed by atoms with Crippen LogP contribution < -0.4 is 0 Å². The Labute approximate surface area is 99.3 Å². The molecule has 0 bridgehead atoms. The van der Waals surface area contributed by atoms with Crippen molar-refractivity contribution < 1.29 is 5.11 Å². The molecule has 0 amide bonds. The Bertz CT molecular complexity index is 291. The third kappa shape index (κ3) is 2.57. The van der Waals surface area contributed by atoms with Gasteiger partial charge in [-0.3, -0.25) is 0 Å². The summed E-state index contributed by atoms with van der Waals surface area (Å²) in [5.74, 6) is 0. The maximum Gasteiger partial charge on any atom is 0.0963 e. The van der Waals surface area contributed by atoms with Gasteiger partial charge in [0.1, 0.15) is 0 Å². The van der Waals surface area contributed by atoms with Crippen molar-refractivity contribution in [2.75, 3.05) is 0 Å². The van der Waals surface area contributed by atoms with E-state index in [-0.39, 0.29) is 6.10 Å². The van der Waals surface area contributed by atoms with Crippen LogP contribution in [-0.4, -0.2) is 11.2 Å². The fourth-order valence-electron chi connectivity index (χ4n) is 2.99. The lowest BCUT2D eigenvalue weighted by atomic mass is 9.89. The molecule has 1 nitrogen and oxygen atoms in total. The van der Waals surface area contributed by atoms with Crippen molar-refractivity contribution >= 4 is 0 Å². The third-order valence-electron chi connectivity index (χ3n) is 3.97. The minimum atomic E-state index is -0.223. The van der Waals surface area contributed by atoms with E-state index >= 15 is 0 Å². The van der Waals surface area contributed by atoms with Gasteiger partial charge in [0, 0.05) is 0 Å². The maximum atomic E-state index is 10.3. The van der Waals surface area contributed by atoms with Crippen molar-refractivity contribution in [3.8, 4) is 0 Å². The molecule has 2 rings (SSSR count). The summed E-state index contributed by atoms with van der Waals surface area (Å²) in [5, 5.41) is 10.3. The van der Waals surface area contributed by atoms with E-state index in [0.717, 1.165) is 19.3 Å². The summed E-state index contributed by atoms with van der Waals surface area (Å²) < 4.78 is 0. The van der Waals surface area contributed by atoms with Gasteiger partial charge in [-0.15, -0.1) is 0 Å². The third-order valence-corrected chi connectivity index (χ3v) is 3.97. The number of allylic oxidation sites excluding steroid dienone is 2. The lowest BCUT2D eigenvalue weighted by Crippen LogP contribution is -2.09. The van der Waals surface area contributed by atoms with Crippen LogP contribution in [-0.2, 0) is 0 Å². The smallest absolute Gasteiger partial charge is 0.0963 e. The highest BCUT2D eigenvalue weighted by atomic mass is 16.3. The molecule has 0 aromatic carbocycles. The second-order valence-electron chi connectivity index (χ2n) is 5.16. The molecule has 2 aliphatic rings. The Kier molecular flexibility index (Phi) is 4.22. The molecule has 0 aromatic heterocycles. The highest BCUT2D eigenvalue weighted by Gasteiger charge is 2.26. The van der Waals surface area contributed by atoms with Gasteiger partial charge in [0.2, 0.25) is 0 Å². The zero-order valence-electron chi connectivity index (χ0n) is 10.5. The average molecular weight is 220 g/mol. The van der Waals surface area contributed by atoms with Crippen LogP contribution in [0.5, 0.6) is 0 Å². The molecule has 1 N–H and O–H groups in total. The quantitative estimate of drug-likeness (QED) is 0.694. The number of hydrogen-bond acceptors (Lipinski definition) is 1. The van der Waals surface area contributed by atoms with Gasteiger partial charge < -0.3 is 5.11 Å². The van der Waals surface area contributed by atoms with E-state index in [4.69, 9.17) is 0 Å². The molecule has 0 aromatic rings. The van der Waals surface area contributed by atoms with Gasteiger partial charge in [-0.25, -0.2) is 0 Å². The number of aliphatic hydroxyl groups excluding tert-OH is 1. The van der Waals surface area contributed by atoms with Crippen LogP contribution in [0.2, 0.25) is 0 Å². The van der Waals surface area contributed by atoms with Gasteiger partial charge in [0.25, 0.3) is 0 Å². The van der Waals surface area contributed by atoms with Crippen molar-refractivity contribution in [2.45, 2.75) is 70.8 Å². The van der Waals surface area contributed by atoms with E-state index in [1.54, 1.807) is 5.57 Å². The van der Waals surface area contributed by atoms with Crippen molar-refractivity contribution in [2.24, 2.45) is 0 Å². The summed E-state index contributed by atoms with van der Waals surface area (Å²) in [6, 6.07) is 0. The van der Waals surface area contributed by atoms with Crippen LogP contribution in [0, 0.1) is 0 Å². The minimum Gasteiger partial charge on any atom is -0.384 e. The predicted molar refractivity (Wildman–Crippen MR) is 68.3 cm³/mol. The average Bonchev–Trinajstić information content (AvgIpc) is 2.69. The molecular weight excluding hydrogens is 196 g/mol. The fourth-order valence-corrected chi connectivity index (χ4v) is 2.99. The molecule has 2 fully saturated rings. The zero-order valence-corrected chi connectivity index (χ0v) is 10.5. The molecule has 0 heterocycles. The Hall–Kier alpha value is -0.560. The van der Waals surface area contributed by atoms with Crippen molar-refractivity contribution in [3.63, 3.8) is 0 Å². The summed E-state index contributed by atoms with van der Waals surface area (Å²) in [6.07, 6.45) is 13.1. The first-order chi connectivity index (χ1) is 7.83. The highest BCUT2D eigenvalue weighted by Crippen LogP contribution is 2.37. The number of rotatable bonds is 2. The molecular formula is C15H24O. The number of aliphatic hydroxyl groups is 1. The lowest BCUT2D eigenvalue weighted by molar-refractivity contribution is 0.252. The predicted octanol–water partition coefficient (Wildman–Crippen LogP) is 4.13. The van der Waals surface area contributed by atoms with Gasteiger partial charge in [-0.1, -0.05) is 31.4 Å². The molecule has 0 saturated heterocycles. The monoisotopic (exact) mass is 220 g/mol. The molecule has 2 aliphatic carbocycles. The summed E-state index contributed by atoms with van der Waals surface area (Å²) in [5.41, 5.74) is 4.25. The molecule has 90 valence electrons. The first-order valence-electron chi connectivity index (χ1n) is 6.90. The van der Waals surface area contributed by atoms with E-state index in [1.165, 1.54) is 49.7 Å². The van der Waals surface area contributed by atoms with Gasteiger partial charge >= 0.3 is 0 Å². The topological polar surface area (TPSA) is 20.2 Å². The van der Waals surface area contributed by atoms with Gasteiger partial charge in [-0.2, -0.15) is 0 Å². The second kappa shape index (κ2) is 5.67. The van der Waals surface area contributed by atoms with Gasteiger partial charge in [-0.05, 0) is 56.1 Å². The summed E-state index contributed by atoms with van der Waals surface area (Å²) in [6.45, 7) is 2.19. The van der Waals surface area contributed by atoms with Crippen LogP contribution in [0.3, 0.4) is 0 Å². The van der Waals surface area contributed by atoms with Gasteiger partial charge in [0.05, 0.1) is 6.10 Å². The van der Waals surface area contributed by atoms with Crippen LogP contribution in [0.4, 0.5) is 0 Å².